The van der Waals surface area contributed by atoms with Crippen LogP contribution in [0.2, 0.25) is 0 Å². The molecule has 33 nitrogen and oxygen atoms in total. The highest BCUT2D eigenvalue weighted by Crippen LogP contribution is 2.37. The van der Waals surface area contributed by atoms with Gasteiger partial charge in [0, 0.05) is 33.3 Å². The van der Waals surface area contributed by atoms with E-state index in [2.05, 4.69) is 25.9 Å². The lowest BCUT2D eigenvalue weighted by atomic mass is 9.93. The van der Waals surface area contributed by atoms with E-state index in [9.17, 15) is 94.4 Å². The van der Waals surface area contributed by atoms with Crippen molar-refractivity contribution in [2.24, 2.45) is 0 Å². The molecule has 21 unspecified atom stereocenters. The van der Waals surface area contributed by atoms with Crippen molar-refractivity contribution in [2.75, 3.05) is 13.2 Å². The van der Waals surface area contributed by atoms with Gasteiger partial charge in [-0.3, -0.25) is 32.2 Å². The van der Waals surface area contributed by atoms with E-state index in [0.29, 0.717) is 38.5 Å². The van der Waals surface area contributed by atoms with Gasteiger partial charge >= 0.3 is 44.1 Å². The number of carbonyl (C=O) groups excluding carboxylic acids is 3. The van der Waals surface area contributed by atoms with E-state index >= 15 is 0 Å². The number of carboxylic acid groups (broad SMARTS) is 2. The van der Waals surface area contributed by atoms with E-state index in [0.717, 1.165) is 46.0 Å². The normalized spacial score (nSPS) is 35.5. The average Bonchev–Trinajstić information content (AvgIpc) is 3.35. The van der Waals surface area contributed by atoms with Crippen LogP contribution < -0.4 is 10.6 Å². The number of hydrogen-bond acceptors (Lipinski definition) is 26. The van der Waals surface area contributed by atoms with Crippen LogP contribution in [0, 0.1) is 0 Å². The number of aliphatic hydroxyl groups is 5. The molecule has 2 amide bonds. The van der Waals surface area contributed by atoms with Crippen molar-refractivity contribution < 1.29 is 145 Å². The number of unbranched alkanes of at least 4 members (excludes halogenated alkanes) is 8. The maximum Gasteiger partial charge on any atom is 0.397 e. The fraction of sp³-hybridized carbons (Fsp3) is 0.886. The Morgan fingerprint density at radius 2 is 0.975 bits per heavy atom. The zero-order valence-electron chi connectivity index (χ0n) is 43.9. The van der Waals surface area contributed by atoms with Crippen LogP contribution in [0.4, 0.5) is 0 Å². The van der Waals surface area contributed by atoms with Crippen molar-refractivity contribution in [3.8, 4) is 0 Å². The van der Waals surface area contributed by atoms with Crippen LogP contribution in [0.25, 0.3) is 0 Å². The molecule has 0 aliphatic carbocycles. The van der Waals surface area contributed by atoms with E-state index in [-0.39, 0.29) is 25.2 Å². The maximum absolute atomic E-state index is 12.8. The van der Waals surface area contributed by atoms with Crippen LogP contribution in [0.3, 0.4) is 0 Å². The lowest BCUT2D eigenvalue weighted by molar-refractivity contribution is -0.368. The maximum atomic E-state index is 12.8. The quantitative estimate of drug-likeness (QED) is 0.0180. The average molecular weight is 1220 g/mol. The number of carbonyl (C=O) groups is 5. The SMILES string of the molecule is CCCCCCCC(=O)CCCCCCCOC1OC(C(=O)O)C(OC2OC(COS(=O)O)C(OC3OC(C(=O)O)C(OC4OC(CC)C(O)C(O)C4NC(C)=O)C(O)C3OS(=O)(=O)O)C(O)C2NC(C)=O)C(O)C1OS(=O)(=O)O. The molecular weight excluding hydrogens is 1150 g/mol. The molecule has 0 saturated carbocycles. The fourth-order valence-corrected chi connectivity index (χ4v) is 10.6. The summed E-state index contributed by atoms with van der Waals surface area (Å²) in [6.45, 7) is 3.98. The number of aliphatic carboxylic acids is 2. The molecule has 4 saturated heterocycles. The first-order valence-electron chi connectivity index (χ1n) is 25.7. The molecule has 4 aliphatic rings. The third-order valence-corrected chi connectivity index (χ3v) is 14.4. The van der Waals surface area contributed by atoms with E-state index < -0.39 is 185 Å². The Labute approximate surface area is 462 Å². The highest BCUT2D eigenvalue weighted by atomic mass is 32.3. The van der Waals surface area contributed by atoms with Gasteiger partial charge < -0.3 is 84.3 Å². The number of ether oxygens (including phenoxy) is 8. The van der Waals surface area contributed by atoms with E-state index in [1.165, 1.54) is 6.92 Å². The van der Waals surface area contributed by atoms with Crippen LogP contribution in [0.15, 0.2) is 0 Å². The molecule has 464 valence electrons. The first kappa shape index (κ1) is 69.3. The van der Waals surface area contributed by atoms with Crippen LogP contribution in [0.1, 0.15) is 111 Å². The Morgan fingerprint density at radius 3 is 1.44 bits per heavy atom. The Hall–Kier alpha value is -3.16. The monoisotopic (exact) mass is 1220 g/mol. The molecule has 0 aromatic heterocycles. The zero-order valence-corrected chi connectivity index (χ0v) is 46.4. The highest BCUT2D eigenvalue weighted by Gasteiger charge is 2.59. The highest BCUT2D eigenvalue weighted by molar-refractivity contribution is 7.81. The van der Waals surface area contributed by atoms with Gasteiger partial charge in [0.05, 0.1) is 12.7 Å². The van der Waals surface area contributed by atoms with Crippen molar-refractivity contribution >= 4 is 61.7 Å². The minimum absolute atomic E-state index is 0.0202. The summed E-state index contributed by atoms with van der Waals surface area (Å²) >= 11 is -3.21. The molecule has 0 radical (unpaired) electrons. The van der Waals surface area contributed by atoms with Gasteiger partial charge in [0.2, 0.25) is 11.8 Å². The van der Waals surface area contributed by atoms with Crippen LogP contribution in [0.5, 0.6) is 0 Å². The van der Waals surface area contributed by atoms with Crippen molar-refractivity contribution in [1.29, 1.82) is 0 Å². The third-order valence-electron chi connectivity index (χ3n) is 13.2. The number of rotatable bonds is 33. The summed E-state index contributed by atoms with van der Waals surface area (Å²) in [4.78, 5) is 62.6. The summed E-state index contributed by atoms with van der Waals surface area (Å²) in [6, 6.07) is -3.81. The smallest absolute Gasteiger partial charge is 0.397 e. The fourth-order valence-electron chi connectivity index (χ4n) is 9.38. The summed E-state index contributed by atoms with van der Waals surface area (Å²) in [5.74, 6) is -5.63. The van der Waals surface area contributed by atoms with Crippen LogP contribution in [-0.2, 0) is 107 Å². The molecule has 4 aliphatic heterocycles. The van der Waals surface area contributed by atoms with E-state index in [1.54, 1.807) is 0 Å². The summed E-state index contributed by atoms with van der Waals surface area (Å²) < 4.78 is 149. The van der Waals surface area contributed by atoms with E-state index in [4.69, 9.17) is 42.1 Å². The summed E-state index contributed by atoms with van der Waals surface area (Å²) in [5.41, 5.74) is 0. The molecule has 4 heterocycles. The third kappa shape index (κ3) is 20.9. The minimum atomic E-state index is -5.75. The number of carboxylic acids is 2. The molecule has 4 fully saturated rings. The first-order valence-corrected chi connectivity index (χ1v) is 29.4. The molecule has 12 N–H and O–H groups in total. The van der Waals surface area contributed by atoms with Crippen molar-refractivity contribution in [2.45, 2.75) is 234 Å². The van der Waals surface area contributed by atoms with Gasteiger partial charge in [-0.1, -0.05) is 58.8 Å². The summed E-state index contributed by atoms with van der Waals surface area (Å²) in [6.07, 6.45) is -31.6. The van der Waals surface area contributed by atoms with Crippen molar-refractivity contribution in [3.05, 3.63) is 0 Å². The Balaban J connectivity index is 1.60. The molecule has 0 aromatic carbocycles. The number of Topliss-reactive ketones (excluding diaryl/α,β-unsaturated/α-hetero) is 1. The van der Waals surface area contributed by atoms with Gasteiger partial charge in [-0.15, -0.1) is 0 Å². The topological polar surface area (TPSA) is 499 Å². The van der Waals surface area contributed by atoms with Gasteiger partial charge in [0.25, 0.3) is 0 Å². The standard InChI is InChI=1S/C44H74N2O31S3/c1-5-7-8-10-13-16-22(49)17-14-11-9-12-15-18-67-43-35(76-79(61,62)63)30(53)33(37(74-43)39(55)56)73-42-26(46-21(4)48)29(52)32(24(70-42)19-68-78(59)60)71-44-36(77-80(64,65)66)31(54)34(38(75-44)40(57)58)72-41-25(45-20(3)47)28(51)27(50)23(6-2)69-41/h23-38,41-44,50-54H,5-19H2,1-4H3,(H,45,47)(H,46,48)(H,55,56)(H,57,58)(H,59,60)(H,61,62,63)(H,64,65,66). The summed E-state index contributed by atoms with van der Waals surface area (Å²) in [5, 5.41) is 81.8. The largest absolute Gasteiger partial charge is 0.479 e. The molecular formula is C44H74N2O31S3. The predicted octanol–water partition coefficient (Wildman–Crippen LogP) is -2.75. The Kier molecular flexibility index (Phi) is 27.9. The molecule has 80 heavy (non-hydrogen) atoms. The first-order chi connectivity index (χ1) is 37.5. The minimum Gasteiger partial charge on any atom is -0.479 e. The second-order valence-corrected chi connectivity index (χ2v) is 22.1. The molecule has 36 heteroatoms. The number of amides is 2. The summed E-state index contributed by atoms with van der Waals surface area (Å²) in [7, 11) is -11.3. The molecule has 4 rings (SSSR count). The predicted molar refractivity (Wildman–Crippen MR) is 262 cm³/mol. The molecule has 0 aromatic rings. The second-order valence-electron chi connectivity index (χ2n) is 19.3. The van der Waals surface area contributed by atoms with Gasteiger partial charge in [-0.2, -0.15) is 21.0 Å². The molecule has 21 atom stereocenters. The van der Waals surface area contributed by atoms with Crippen molar-refractivity contribution in [1.82, 2.24) is 10.6 Å². The zero-order chi connectivity index (χ0) is 59.8. The van der Waals surface area contributed by atoms with Gasteiger partial charge in [0.1, 0.15) is 72.8 Å². The number of hydrogen-bond donors (Lipinski definition) is 12. The number of nitrogens with one attached hydrogen (secondary N) is 2. The Morgan fingerprint density at radius 1 is 0.537 bits per heavy atom. The van der Waals surface area contributed by atoms with Gasteiger partial charge in [-0.25, -0.2) is 18.0 Å². The second kappa shape index (κ2) is 32.2. The van der Waals surface area contributed by atoms with E-state index in [1.807, 2.05) is 0 Å². The van der Waals surface area contributed by atoms with Gasteiger partial charge in [-0.05, 0) is 25.7 Å². The lowest BCUT2D eigenvalue weighted by Gasteiger charge is -2.50. The molecule has 0 spiro atoms. The van der Waals surface area contributed by atoms with Crippen LogP contribution in [-0.4, -0.2) is 236 Å². The van der Waals surface area contributed by atoms with Crippen molar-refractivity contribution in [3.63, 3.8) is 0 Å². The van der Waals surface area contributed by atoms with Gasteiger partial charge in [0.15, 0.2) is 49.6 Å². The lowest BCUT2D eigenvalue weighted by Crippen LogP contribution is -2.70. The Bertz CT molecular complexity index is 2270. The molecule has 0 bridgehead atoms. The van der Waals surface area contributed by atoms with Crippen LogP contribution >= 0.6 is 0 Å². The number of ketones is 1. The number of aliphatic hydroxyl groups excluding tert-OH is 5.